The summed E-state index contributed by atoms with van der Waals surface area (Å²) in [7, 11) is 0. The van der Waals surface area contributed by atoms with Gasteiger partial charge in [-0.2, -0.15) is 0 Å². The molecule has 2 aliphatic rings. The van der Waals surface area contributed by atoms with Gasteiger partial charge in [-0.3, -0.25) is 0 Å². The van der Waals surface area contributed by atoms with Gasteiger partial charge in [0, 0.05) is 17.8 Å². The molecule has 2 aliphatic heterocycles. The summed E-state index contributed by atoms with van der Waals surface area (Å²) in [6.45, 7) is 2.37. The Balaban J connectivity index is 1.68. The maximum atomic E-state index is 2.68. The van der Waals surface area contributed by atoms with E-state index < -0.39 is 0 Å². The van der Waals surface area contributed by atoms with Crippen LogP contribution in [-0.4, -0.2) is 12.1 Å². The highest BCUT2D eigenvalue weighted by Crippen LogP contribution is 2.43. The van der Waals surface area contributed by atoms with Gasteiger partial charge in [-0.25, -0.2) is 0 Å². The summed E-state index contributed by atoms with van der Waals surface area (Å²) in [6.07, 6.45) is 3.59. The molecule has 0 saturated heterocycles. The predicted octanol–water partition coefficient (Wildman–Crippen LogP) is 3.61. The number of benzene rings is 2. The van der Waals surface area contributed by atoms with Gasteiger partial charge in [-0.1, -0.05) is 48.5 Å². The summed E-state index contributed by atoms with van der Waals surface area (Å²) in [6, 6.07) is 19.1. The highest BCUT2D eigenvalue weighted by atomic mass is 15.2. The van der Waals surface area contributed by atoms with Crippen molar-refractivity contribution in [2.75, 3.05) is 4.90 Å². The number of anilines is 1. The minimum Gasteiger partial charge on any atom is -0.364 e. The molecule has 2 aromatic carbocycles. The lowest BCUT2D eigenvalue weighted by Gasteiger charge is -2.28. The highest BCUT2D eigenvalue weighted by Gasteiger charge is 2.38. The molecule has 0 spiro atoms. The molecule has 0 bridgehead atoms. The van der Waals surface area contributed by atoms with Gasteiger partial charge in [0.2, 0.25) is 0 Å². The van der Waals surface area contributed by atoms with Crippen molar-refractivity contribution in [1.82, 2.24) is 0 Å². The molecule has 2 heterocycles. The Morgan fingerprint density at radius 3 is 2.47 bits per heavy atom. The first kappa shape index (κ1) is 11.1. The molecule has 19 heavy (non-hydrogen) atoms. The largest absolute Gasteiger partial charge is 0.364 e. The zero-order valence-electron chi connectivity index (χ0n) is 11.3. The second kappa shape index (κ2) is 4.12. The molecule has 0 fully saturated rings. The van der Waals surface area contributed by atoms with Crippen LogP contribution < -0.4 is 4.90 Å². The Bertz CT molecular complexity index is 602. The van der Waals surface area contributed by atoms with Crippen molar-refractivity contribution in [3.63, 3.8) is 0 Å². The Hall–Kier alpha value is -1.76. The minimum atomic E-state index is 0.649. The van der Waals surface area contributed by atoms with Crippen molar-refractivity contribution >= 4 is 5.69 Å². The molecule has 2 aromatic rings. The van der Waals surface area contributed by atoms with Gasteiger partial charge in [0.25, 0.3) is 0 Å². The maximum absolute atomic E-state index is 2.68. The Morgan fingerprint density at radius 1 is 0.947 bits per heavy atom. The maximum Gasteiger partial charge on any atom is 0.0438 e. The lowest BCUT2D eigenvalue weighted by Crippen LogP contribution is -2.38. The first-order valence-electron chi connectivity index (χ1n) is 7.26. The summed E-state index contributed by atoms with van der Waals surface area (Å²) in [4.78, 5) is 2.68. The Morgan fingerprint density at radius 2 is 1.68 bits per heavy atom. The van der Waals surface area contributed by atoms with Gasteiger partial charge in [-0.05, 0) is 42.9 Å². The van der Waals surface area contributed by atoms with Crippen LogP contribution in [-0.2, 0) is 19.3 Å². The smallest absolute Gasteiger partial charge is 0.0438 e. The quantitative estimate of drug-likeness (QED) is 0.786. The zero-order valence-corrected chi connectivity index (χ0v) is 11.3. The molecule has 1 heteroatoms. The van der Waals surface area contributed by atoms with Gasteiger partial charge in [0.05, 0.1) is 0 Å². The molecule has 0 N–H and O–H groups in total. The molecule has 0 radical (unpaired) electrons. The summed E-state index contributed by atoms with van der Waals surface area (Å²) in [5.74, 6) is 0. The lowest BCUT2D eigenvalue weighted by atomic mass is 9.99. The Kier molecular flexibility index (Phi) is 2.41. The summed E-state index contributed by atoms with van der Waals surface area (Å²) in [5, 5.41) is 0. The van der Waals surface area contributed by atoms with E-state index in [4.69, 9.17) is 0 Å². The van der Waals surface area contributed by atoms with Crippen LogP contribution >= 0.6 is 0 Å². The van der Waals surface area contributed by atoms with E-state index >= 15 is 0 Å². The molecule has 0 aliphatic carbocycles. The van der Waals surface area contributed by atoms with Gasteiger partial charge in [0.15, 0.2) is 0 Å². The minimum absolute atomic E-state index is 0.649. The van der Waals surface area contributed by atoms with E-state index in [0.717, 1.165) is 0 Å². The fourth-order valence-electron chi connectivity index (χ4n) is 3.89. The van der Waals surface area contributed by atoms with Crippen molar-refractivity contribution in [3.05, 3.63) is 65.2 Å². The van der Waals surface area contributed by atoms with Crippen LogP contribution in [0.1, 0.15) is 23.6 Å². The van der Waals surface area contributed by atoms with Crippen LogP contribution in [0, 0.1) is 0 Å². The first-order valence-corrected chi connectivity index (χ1v) is 7.26. The molecule has 1 nitrogen and oxygen atoms in total. The van der Waals surface area contributed by atoms with Crippen molar-refractivity contribution in [2.24, 2.45) is 0 Å². The first-order chi connectivity index (χ1) is 9.33. The third-order valence-corrected chi connectivity index (χ3v) is 4.61. The number of hydrogen-bond donors (Lipinski definition) is 0. The third-order valence-electron chi connectivity index (χ3n) is 4.61. The second-order valence-corrected chi connectivity index (χ2v) is 5.93. The number of hydrogen-bond acceptors (Lipinski definition) is 1. The number of rotatable bonds is 2. The summed E-state index contributed by atoms with van der Waals surface area (Å²) >= 11 is 0. The van der Waals surface area contributed by atoms with Crippen LogP contribution in [0.25, 0.3) is 0 Å². The van der Waals surface area contributed by atoms with E-state index in [9.17, 15) is 0 Å². The molecular formula is C18H19N. The third kappa shape index (κ3) is 1.68. The summed E-state index contributed by atoms with van der Waals surface area (Å²) < 4.78 is 0. The van der Waals surface area contributed by atoms with Crippen molar-refractivity contribution < 1.29 is 0 Å². The average molecular weight is 249 g/mol. The molecule has 96 valence electrons. The van der Waals surface area contributed by atoms with E-state index in [0.29, 0.717) is 12.1 Å². The highest BCUT2D eigenvalue weighted by molar-refractivity contribution is 5.69. The average Bonchev–Trinajstić information content (AvgIpc) is 2.95. The van der Waals surface area contributed by atoms with Gasteiger partial charge in [0.1, 0.15) is 0 Å². The van der Waals surface area contributed by atoms with E-state index in [1.807, 2.05) is 0 Å². The van der Waals surface area contributed by atoms with Crippen molar-refractivity contribution in [1.29, 1.82) is 0 Å². The molecule has 0 amide bonds. The number of para-hydroxylation sites is 1. The van der Waals surface area contributed by atoms with Crippen LogP contribution in [0.5, 0.6) is 0 Å². The van der Waals surface area contributed by atoms with Crippen LogP contribution in [0.3, 0.4) is 0 Å². The topological polar surface area (TPSA) is 3.24 Å². The summed E-state index contributed by atoms with van der Waals surface area (Å²) in [5.41, 5.74) is 6.13. The van der Waals surface area contributed by atoms with E-state index in [1.54, 1.807) is 16.8 Å². The SMILES string of the molecule is C[C@H]1Cc2cccc3c2N1[C@H](Cc1ccccc1)C3. The van der Waals surface area contributed by atoms with Crippen molar-refractivity contribution in [2.45, 2.75) is 38.3 Å². The van der Waals surface area contributed by atoms with Crippen molar-refractivity contribution in [3.8, 4) is 0 Å². The Labute approximate surface area is 114 Å². The molecule has 4 rings (SSSR count). The second-order valence-electron chi connectivity index (χ2n) is 5.93. The molecule has 2 atom stereocenters. The van der Waals surface area contributed by atoms with E-state index in [2.05, 4.69) is 60.4 Å². The standard InChI is InChI=1S/C18H19N/c1-13-10-15-8-5-9-16-12-17(19(13)18(15)16)11-14-6-3-2-4-7-14/h2-9,13,17H,10-12H2,1H3/t13-,17+/m0/s1. The van der Waals surface area contributed by atoms with E-state index in [1.165, 1.54) is 24.8 Å². The van der Waals surface area contributed by atoms with Gasteiger partial charge in [-0.15, -0.1) is 0 Å². The van der Waals surface area contributed by atoms with Crippen LogP contribution in [0.4, 0.5) is 5.69 Å². The van der Waals surface area contributed by atoms with Crippen LogP contribution in [0.2, 0.25) is 0 Å². The molecular weight excluding hydrogens is 230 g/mol. The van der Waals surface area contributed by atoms with Gasteiger partial charge < -0.3 is 4.90 Å². The normalized spacial score (nSPS) is 23.7. The van der Waals surface area contributed by atoms with Crippen LogP contribution in [0.15, 0.2) is 48.5 Å². The molecule has 0 unspecified atom stereocenters. The number of nitrogens with zero attached hydrogens (tertiary/aromatic N) is 1. The van der Waals surface area contributed by atoms with Gasteiger partial charge >= 0.3 is 0 Å². The molecule has 0 saturated carbocycles. The fourth-order valence-corrected chi connectivity index (χ4v) is 3.89. The molecule has 0 aromatic heterocycles. The fraction of sp³-hybridized carbons (Fsp3) is 0.333. The predicted molar refractivity (Wildman–Crippen MR) is 79.7 cm³/mol. The monoisotopic (exact) mass is 249 g/mol. The zero-order chi connectivity index (χ0) is 12.8. The van der Waals surface area contributed by atoms with E-state index in [-0.39, 0.29) is 0 Å². The lowest BCUT2D eigenvalue weighted by molar-refractivity contribution is 0.561.